The summed E-state index contributed by atoms with van der Waals surface area (Å²) in [5, 5.41) is 2.71. The van der Waals surface area contributed by atoms with Crippen LogP contribution < -0.4 is 5.32 Å². The average Bonchev–Trinajstić information content (AvgIpc) is 1.61. The average molecular weight is 115 g/mol. The minimum atomic E-state index is 0.0544. The minimum Gasteiger partial charge on any atom is -0.356 e. The molecule has 2 nitrogen and oxygen atoms in total. The molecule has 2 heteroatoms. The van der Waals surface area contributed by atoms with E-state index in [2.05, 4.69) is 19.2 Å². The van der Waals surface area contributed by atoms with E-state index in [-0.39, 0.29) is 5.91 Å². The first-order valence-electron chi connectivity index (χ1n) is 2.87. The lowest BCUT2D eigenvalue weighted by molar-refractivity contribution is -0.119. The lowest BCUT2D eigenvalue weighted by Crippen LogP contribution is -2.24. The van der Waals surface area contributed by atoms with E-state index >= 15 is 0 Å². The molecule has 48 valence electrons. The van der Waals surface area contributed by atoms with Crippen molar-refractivity contribution in [3.05, 3.63) is 0 Å². The molecule has 0 aromatic rings. The number of rotatable bonds is 2. The predicted molar refractivity (Wildman–Crippen MR) is 33.5 cm³/mol. The molecule has 0 aliphatic heterocycles. The van der Waals surface area contributed by atoms with Crippen LogP contribution >= 0.6 is 0 Å². The van der Waals surface area contributed by atoms with Gasteiger partial charge in [0.05, 0.1) is 0 Å². The quantitative estimate of drug-likeness (QED) is 0.566. The Balaban J connectivity index is 3.05. The minimum absolute atomic E-state index is 0.0544. The molecule has 8 heavy (non-hydrogen) atoms. The first-order valence-corrected chi connectivity index (χ1v) is 2.87. The van der Waals surface area contributed by atoms with Crippen molar-refractivity contribution in [2.24, 2.45) is 5.92 Å². The van der Waals surface area contributed by atoms with Crippen LogP contribution in [-0.4, -0.2) is 12.5 Å². The smallest absolute Gasteiger partial charge is 0.216 e. The summed E-state index contributed by atoms with van der Waals surface area (Å²) in [4.78, 5) is 10.2. The van der Waals surface area contributed by atoms with Gasteiger partial charge in [-0.15, -0.1) is 0 Å². The van der Waals surface area contributed by atoms with E-state index < -0.39 is 0 Å². The molecule has 0 fully saturated rings. The molecule has 0 aromatic heterocycles. The Labute approximate surface area is 50.3 Å². The molecule has 0 atom stereocenters. The van der Waals surface area contributed by atoms with Gasteiger partial charge in [-0.3, -0.25) is 4.79 Å². The highest BCUT2D eigenvalue weighted by molar-refractivity contribution is 5.72. The maximum Gasteiger partial charge on any atom is 0.216 e. The van der Waals surface area contributed by atoms with E-state index in [9.17, 15) is 4.79 Å². The van der Waals surface area contributed by atoms with Gasteiger partial charge in [-0.2, -0.15) is 0 Å². The Bertz CT molecular complexity index is 78.6. The standard InChI is InChI=1S/C6H13NO/c1-5(2)4-7-6(3)8/h5H,4H2,1-3H3,(H,7,8). The van der Waals surface area contributed by atoms with Crippen molar-refractivity contribution in [3.63, 3.8) is 0 Å². The van der Waals surface area contributed by atoms with Gasteiger partial charge in [0, 0.05) is 13.5 Å². The van der Waals surface area contributed by atoms with Gasteiger partial charge < -0.3 is 5.32 Å². The topological polar surface area (TPSA) is 29.1 Å². The Hall–Kier alpha value is -0.530. The second-order valence-corrected chi connectivity index (χ2v) is 2.33. The first kappa shape index (κ1) is 7.47. The summed E-state index contributed by atoms with van der Waals surface area (Å²) in [6, 6.07) is 0. The van der Waals surface area contributed by atoms with Crippen molar-refractivity contribution in [1.82, 2.24) is 5.32 Å². The molecule has 0 unspecified atom stereocenters. The molecular formula is C6H13NO. The third-order valence-electron chi connectivity index (χ3n) is 0.759. The van der Waals surface area contributed by atoms with Gasteiger partial charge >= 0.3 is 0 Å². The Morgan fingerprint density at radius 3 is 2.25 bits per heavy atom. The second-order valence-electron chi connectivity index (χ2n) is 2.33. The van der Waals surface area contributed by atoms with Crippen LogP contribution in [0.3, 0.4) is 0 Å². The second kappa shape index (κ2) is 3.47. The third-order valence-corrected chi connectivity index (χ3v) is 0.759. The maximum absolute atomic E-state index is 10.2. The first-order chi connectivity index (χ1) is 3.63. The molecular weight excluding hydrogens is 102 g/mol. The van der Waals surface area contributed by atoms with E-state index in [1.54, 1.807) is 0 Å². The predicted octanol–water partition coefficient (Wildman–Crippen LogP) is 0.778. The number of carbonyl (C=O) groups excluding carboxylic acids is 1. The lowest BCUT2D eigenvalue weighted by atomic mass is 10.2. The molecule has 0 saturated heterocycles. The largest absolute Gasteiger partial charge is 0.356 e. The van der Waals surface area contributed by atoms with Crippen LogP contribution in [0.2, 0.25) is 0 Å². The van der Waals surface area contributed by atoms with E-state index in [0.717, 1.165) is 6.54 Å². The van der Waals surface area contributed by atoms with E-state index in [4.69, 9.17) is 0 Å². The van der Waals surface area contributed by atoms with Crippen LogP contribution in [0.15, 0.2) is 0 Å². The molecule has 0 radical (unpaired) electrons. The van der Waals surface area contributed by atoms with Crippen LogP contribution in [0, 0.1) is 5.92 Å². The third kappa shape index (κ3) is 5.47. The molecule has 0 bridgehead atoms. The van der Waals surface area contributed by atoms with Crippen molar-refractivity contribution in [2.75, 3.05) is 6.54 Å². The van der Waals surface area contributed by atoms with Crippen molar-refractivity contribution in [3.8, 4) is 0 Å². The van der Waals surface area contributed by atoms with Gasteiger partial charge in [-0.1, -0.05) is 13.8 Å². The lowest BCUT2D eigenvalue weighted by Gasteiger charge is -2.02. The number of hydrogen-bond donors (Lipinski definition) is 1. The summed E-state index contributed by atoms with van der Waals surface area (Å²) in [5.41, 5.74) is 0. The van der Waals surface area contributed by atoms with E-state index in [1.807, 2.05) is 0 Å². The van der Waals surface area contributed by atoms with Gasteiger partial charge in [0.2, 0.25) is 5.91 Å². The van der Waals surface area contributed by atoms with Gasteiger partial charge in [-0.25, -0.2) is 0 Å². The molecule has 0 heterocycles. The maximum atomic E-state index is 10.2. The van der Waals surface area contributed by atoms with Crippen molar-refractivity contribution in [2.45, 2.75) is 20.8 Å². The Morgan fingerprint density at radius 1 is 1.62 bits per heavy atom. The van der Waals surface area contributed by atoms with Gasteiger partial charge in [0.1, 0.15) is 0 Å². The summed E-state index contributed by atoms with van der Waals surface area (Å²) in [5.74, 6) is 0.609. The van der Waals surface area contributed by atoms with Gasteiger partial charge in [-0.05, 0) is 5.92 Å². The molecule has 0 aliphatic rings. The summed E-state index contributed by atoms with van der Waals surface area (Å²) < 4.78 is 0. The number of carbonyl (C=O) groups is 1. The van der Waals surface area contributed by atoms with Crippen LogP contribution in [0.1, 0.15) is 20.8 Å². The highest BCUT2D eigenvalue weighted by Gasteiger charge is 1.92. The molecule has 0 aliphatic carbocycles. The fraction of sp³-hybridized carbons (Fsp3) is 0.833. The highest BCUT2D eigenvalue weighted by atomic mass is 16.1. The Morgan fingerprint density at radius 2 is 2.12 bits per heavy atom. The van der Waals surface area contributed by atoms with Crippen molar-refractivity contribution >= 4 is 5.91 Å². The van der Waals surface area contributed by atoms with E-state index in [0.29, 0.717) is 5.92 Å². The van der Waals surface area contributed by atoms with Crippen molar-refractivity contribution in [1.29, 1.82) is 0 Å². The van der Waals surface area contributed by atoms with Gasteiger partial charge in [0.15, 0.2) is 0 Å². The van der Waals surface area contributed by atoms with Crippen LogP contribution in [0.5, 0.6) is 0 Å². The fourth-order valence-corrected chi connectivity index (χ4v) is 0.348. The summed E-state index contributed by atoms with van der Waals surface area (Å²) in [7, 11) is 0. The summed E-state index contributed by atoms with van der Waals surface area (Å²) >= 11 is 0. The van der Waals surface area contributed by atoms with Crippen LogP contribution in [-0.2, 0) is 4.79 Å². The van der Waals surface area contributed by atoms with Crippen LogP contribution in [0.4, 0.5) is 0 Å². The normalized spacial score (nSPS) is 9.50. The molecule has 0 aromatic carbocycles. The SMILES string of the molecule is CC(=O)NCC(C)C. The zero-order valence-corrected chi connectivity index (χ0v) is 5.69. The fourth-order valence-electron chi connectivity index (χ4n) is 0.348. The van der Waals surface area contributed by atoms with Crippen LogP contribution in [0.25, 0.3) is 0 Å². The molecule has 1 N–H and O–H groups in total. The Kier molecular flexibility index (Phi) is 3.24. The zero-order valence-electron chi connectivity index (χ0n) is 5.69. The molecule has 0 saturated carbocycles. The number of amides is 1. The van der Waals surface area contributed by atoms with E-state index in [1.165, 1.54) is 6.92 Å². The number of nitrogens with one attached hydrogen (secondary N) is 1. The molecule has 0 rings (SSSR count). The van der Waals surface area contributed by atoms with Crippen molar-refractivity contribution < 1.29 is 4.79 Å². The summed E-state index contributed by atoms with van der Waals surface area (Å²) in [6.07, 6.45) is 0. The van der Waals surface area contributed by atoms with Gasteiger partial charge in [0.25, 0.3) is 0 Å². The number of hydrogen-bond acceptors (Lipinski definition) is 1. The molecule has 1 amide bonds. The monoisotopic (exact) mass is 115 g/mol. The highest BCUT2D eigenvalue weighted by Crippen LogP contribution is 1.85. The summed E-state index contributed by atoms with van der Waals surface area (Å²) in [6.45, 7) is 6.45. The molecule has 0 spiro atoms. The zero-order chi connectivity index (χ0) is 6.57.